The standard InChI is InChI=1S/C18H27BrN2O2S/c1-18(2,3)23-17(22)21-12-6-4-11(5-7-12)20-14-10-13(14)15-8-9-16(19)24-15/h8-9,11-14,20H,4-7,10H2,1-3H3,(H,21,22)/t11?,12?,13-,14-/m0/s1. The van der Waals surface area contributed by atoms with Crippen molar-refractivity contribution in [3.63, 3.8) is 0 Å². The van der Waals surface area contributed by atoms with Crippen LogP contribution in [0.15, 0.2) is 15.9 Å². The number of carbonyl (C=O) groups is 1. The Balaban J connectivity index is 1.36. The first-order chi connectivity index (χ1) is 11.3. The summed E-state index contributed by atoms with van der Waals surface area (Å²) in [5, 5.41) is 6.82. The first kappa shape index (κ1) is 18.2. The van der Waals surface area contributed by atoms with Crippen molar-refractivity contribution in [1.29, 1.82) is 0 Å². The van der Waals surface area contributed by atoms with E-state index in [-0.39, 0.29) is 12.1 Å². The minimum atomic E-state index is -0.430. The molecule has 4 nitrogen and oxygen atoms in total. The Hall–Kier alpha value is -0.590. The molecule has 0 unspecified atom stereocenters. The number of ether oxygens (including phenoxy) is 1. The van der Waals surface area contributed by atoms with Crippen LogP contribution in [0.25, 0.3) is 0 Å². The molecule has 0 saturated heterocycles. The van der Waals surface area contributed by atoms with E-state index in [1.807, 2.05) is 32.1 Å². The normalized spacial score (nSPS) is 30.0. The van der Waals surface area contributed by atoms with Crippen molar-refractivity contribution in [2.45, 2.75) is 82.5 Å². The molecule has 1 aromatic heterocycles. The third-order valence-electron chi connectivity index (χ3n) is 4.65. The van der Waals surface area contributed by atoms with Crippen molar-refractivity contribution in [2.24, 2.45) is 0 Å². The van der Waals surface area contributed by atoms with Crippen LogP contribution < -0.4 is 10.6 Å². The van der Waals surface area contributed by atoms with E-state index in [4.69, 9.17) is 4.74 Å². The van der Waals surface area contributed by atoms with Gasteiger partial charge >= 0.3 is 6.09 Å². The molecule has 1 aromatic rings. The Bertz CT molecular complexity index is 576. The zero-order chi connectivity index (χ0) is 17.3. The molecule has 0 spiro atoms. The molecule has 3 rings (SSSR count). The molecule has 2 fully saturated rings. The van der Waals surface area contributed by atoms with Gasteiger partial charge in [0.15, 0.2) is 0 Å². The lowest BCUT2D eigenvalue weighted by molar-refractivity contribution is 0.0489. The summed E-state index contributed by atoms with van der Waals surface area (Å²) in [6, 6.07) is 5.85. The maximum Gasteiger partial charge on any atom is 0.407 e. The van der Waals surface area contributed by atoms with Gasteiger partial charge in [-0.05, 0) is 80.9 Å². The van der Waals surface area contributed by atoms with Gasteiger partial charge in [0.05, 0.1) is 3.79 Å². The van der Waals surface area contributed by atoms with Crippen LogP contribution >= 0.6 is 27.3 Å². The third kappa shape index (κ3) is 5.20. The Morgan fingerprint density at radius 1 is 1.21 bits per heavy atom. The van der Waals surface area contributed by atoms with E-state index >= 15 is 0 Å². The molecule has 1 heterocycles. The van der Waals surface area contributed by atoms with E-state index in [1.54, 1.807) is 0 Å². The van der Waals surface area contributed by atoms with Gasteiger partial charge < -0.3 is 15.4 Å². The van der Waals surface area contributed by atoms with Gasteiger partial charge in [-0.2, -0.15) is 0 Å². The molecule has 24 heavy (non-hydrogen) atoms. The van der Waals surface area contributed by atoms with Crippen molar-refractivity contribution in [2.75, 3.05) is 0 Å². The number of rotatable bonds is 4. The van der Waals surface area contributed by atoms with Crippen molar-refractivity contribution < 1.29 is 9.53 Å². The summed E-state index contributed by atoms with van der Waals surface area (Å²) in [5.41, 5.74) is -0.430. The first-order valence-electron chi connectivity index (χ1n) is 8.81. The van der Waals surface area contributed by atoms with Gasteiger partial charge in [0.1, 0.15) is 5.60 Å². The monoisotopic (exact) mass is 414 g/mol. The van der Waals surface area contributed by atoms with Crippen molar-refractivity contribution in [3.05, 3.63) is 20.8 Å². The minimum absolute atomic E-state index is 0.251. The number of carbonyl (C=O) groups excluding carboxylic acids is 1. The van der Waals surface area contributed by atoms with Gasteiger partial charge in [-0.3, -0.25) is 0 Å². The number of alkyl carbamates (subject to hydrolysis) is 1. The zero-order valence-corrected chi connectivity index (χ0v) is 17.0. The number of nitrogens with one attached hydrogen (secondary N) is 2. The van der Waals surface area contributed by atoms with Crippen LogP contribution in [0.2, 0.25) is 0 Å². The van der Waals surface area contributed by atoms with Crippen LogP contribution in [0, 0.1) is 0 Å². The average Bonchev–Trinajstić information content (AvgIpc) is 3.10. The molecular weight excluding hydrogens is 388 g/mol. The highest BCUT2D eigenvalue weighted by Crippen LogP contribution is 2.45. The van der Waals surface area contributed by atoms with Crippen LogP contribution in [-0.4, -0.2) is 29.8 Å². The predicted octanol–water partition coefficient (Wildman–Crippen LogP) is 4.79. The summed E-state index contributed by atoms with van der Waals surface area (Å²) in [5.74, 6) is 0.693. The van der Waals surface area contributed by atoms with Crippen LogP contribution in [0.5, 0.6) is 0 Å². The highest BCUT2D eigenvalue weighted by molar-refractivity contribution is 9.11. The minimum Gasteiger partial charge on any atom is -0.444 e. The van der Waals surface area contributed by atoms with Crippen molar-refractivity contribution in [1.82, 2.24) is 10.6 Å². The van der Waals surface area contributed by atoms with E-state index in [2.05, 4.69) is 38.7 Å². The van der Waals surface area contributed by atoms with Crippen LogP contribution in [-0.2, 0) is 4.74 Å². The fourth-order valence-corrected chi connectivity index (χ4v) is 5.00. The van der Waals surface area contributed by atoms with Gasteiger partial charge in [0.25, 0.3) is 0 Å². The molecule has 1 amide bonds. The maximum absolute atomic E-state index is 11.8. The molecule has 0 aliphatic heterocycles. The van der Waals surface area contributed by atoms with Crippen molar-refractivity contribution in [3.8, 4) is 0 Å². The predicted molar refractivity (Wildman–Crippen MR) is 102 cm³/mol. The SMILES string of the molecule is CC(C)(C)OC(=O)NC1CCC(N[C@H]2C[C@@H]2c2ccc(Br)s2)CC1. The second-order valence-corrected chi connectivity index (χ2v) is 10.4. The number of halogens is 1. The largest absolute Gasteiger partial charge is 0.444 e. The quantitative estimate of drug-likeness (QED) is 0.743. The average molecular weight is 415 g/mol. The summed E-state index contributed by atoms with van der Waals surface area (Å²) in [6.07, 6.45) is 5.26. The summed E-state index contributed by atoms with van der Waals surface area (Å²) >= 11 is 5.40. The van der Waals surface area contributed by atoms with E-state index in [0.717, 1.165) is 25.7 Å². The molecule has 0 radical (unpaired) electrons. The fourth-order valence-electron chi connectivity index (χ4n) is 3.40. The van der Waals surface area contributed by atoms with E-state index < -0.39 is 5.60 Å². The lowest BCUT2D eigenvalue weighted by Gasteiger charge is -2.30. The molecule has 2 N–H and O–H groups in total. The number of hydrogen-bond donors (Lipinski definition) is 2. The molecule has 2 aliphatic carbocycles. The van der Waals surface area contributed by atoms with E-state index in [0.29, 0.717) is 18.0 Å². The topological polar surface area (TPSA) is 50.4 Å². The molecule has 2 atom stereocenters. The van der Waals surface area contributed by atoms with Crippen LogP contribution in [0.1, 0.15) is 63.7 Å². The molecule has 0 aromatic carbocycles. The van der Waals surface area contributed by atoms with Crippen LogP contribution in [0.4, 0.5) is 4.79 Å². The second kappa shape index (κ2) is 7.34. The van der Waals surface area contributed by atoms with Crippen molar-refractivity contribution >= 4 is 33.4 Å². The van der Waals surface area contributed by atoms with Gasteiger partial charge in [-0.15, -0.1) is 11.3 Å². The lowest BCUT2D eigenvalue weighted by Crippen LogP contribution is -2.44. The number of thiophene rings is 1. The summed E-state index contributed by atoms with van der Waals surface area (Å²) in [6.45, 7) is 5.68. The van der Waals surface area contributed by atoms with Gasteiger partial charge in [-0.25, -0.2) is 4.79 Å². The van der Waals surface area contributed by atoms with Crippen LogP contribution in [0.3, 0.4) is 0 Å². The number of amides is 1. The number of hydrogen-bond acceptors (Lipinski definition) is 4. The zero-order valence-electron chi connectivity index (χ0n) is 14.6. The summed E-state index contributed by atoms with van der Waals surface area (Å²) in [7, 11) is 0. The molecule has 134 valence electrons. The molecule has 0 bridgehead atoms. The highest BCUT2D eigenvalue weighted by Gasteiger charge is 2.40. The van der Waals surface area contributed by atoms with Gasteiger partial charge in [-0.1, -0.05) is 0 Å². The Kier molecular flexibility index (Phi) is 5.57. The lowest BCUT2D eigenvalue weighted by atomic mass is 9.91. The molecule has 2 saturated carbocycles. The van der Waals surface area contributed by atoms with E-state index in [9.17, 15) is 4.79 Å². The van der Waals surface area contributed by atoms with Gasteiger partial charge in [0, 0.05) is 28.9 Å². The fraction of sp³-hybridized carbons (Fsp3) is 0.722. The highest BCUT2D eigenvalue weighted by atomic mass is 79.9. The molecular formula is C18H27BrN2O2S. The first-order valence-corrected chi connectivity index (χ1v) is 10.4. The Morgan fingerprint density at radius 3 is 2.46 bits per heavy atom. The van der Waals surface area contributed by atoms with E-state index in [1.165, 1.54) is 15.1 Å². The second-order valence-electron chi connectivity index (χ2n) is 7.95. The maximum atomic E-state index is 11.8. The van der Waals surface area contributed by atoms with Gasteiger partial charge in [0.2, 0.25) is 0 Å². The summed E-state index contributed by atoms with van der Waals surface area (Å²) in [4.78, 5) is 13.3. The molecule has 6 heteroatoms. The third-order valence-corrected chi connectivity index (χ3v) is 6.40. The Labute approximate surface area is 156 Å². The Morgan fingerprint density at radius 2 is 1.88 bits per heavy atom. The smallest absolute Gasteiger partial charge is 0.407 e. The molecule has 2 aliphatic rings. The summed E-state index contributed by atoms with van der Waals surface area (Å²) < 4.78 is 6.56.